The maximum atomic E-state index is 12.0. The lowest BCUT2D eigenvalue weighted by molar-refractivity contribution is -0.124. The van der Waals surface area contributed by atoms with E-state index in [1.165, 1.54) is 0 Å². The summed E-state index contributed by atoms with van der Waals surface area (Å²) in [6.45, 7) is 2.86. The average molecular weight is 245 g/mol. The van der Waals surface area contributed by atoms with Gasteiger partial charge in [0.25, 0.3) is 0 Å². The molecule has 0 aliphatic carbocycles. The van der Waals surface area contributed by atoms with Gasteiger partial charge in [-0.05, 0) is 24.1 Å². The van der Waals surface area contributed by atoms with Crippen LogP contribution in [0.3, 0.4) is 0 Å². The van der Waals surface area contributed by atoms with Gasteiger partial charge in [0.05, 0.1) is 17.9 Å². The minimum Gasteiger partial charge on any atom is -0.322 e. The Balaban J connectivity index is 2.09. The number of fused-ring (bicyclic) bond motifs is 3. The fourth-order valence-electron chi connectivity index (χ4n) is 2.51. The molecule has 0 radical (unpaired) electrons. The summed E-state index contributed by atoms with van der Waals surface area (Å²) in [4.78, 5) is 25.6. The first-order valence-corrected chi connectivity index (χ1v) is 6.17. The highest BCUT2D eigenvalue weighted by molar-refractivity contribution is 6.13. The van der Waals surface area contributed by atoms with E-state index in [2.05, 4.69) is 17.6 Å². The van der Waals surface area contributed by atoms with Gasteiger partial charge in [-0.15, -0.1) is 0 Å². The molecule has 5 nitrogen and oxygen atoms in total. The Labute approximate surface area is 105 Å². The molecular weight excluding hydrogens is 230 g/mol. The van der Waals surface area contributed by atoms with Crippen LogP contribution >= 0.6 is 0 Å². The minimum atomic E-state index is -0.425. The van der Waals surface area contributed by atoms with Gasteiger partial charge in [0.2, 0.25) is 11.8 Å². The largest absolute Gasteiger partial charge is 0.322 e. The number of nitrogens with zero attached hydrogens (tertiary/aromatic N) is 1. The summed E-state index contributed by atoms with van der Waals surface area (Å²) in [7, 11) is 0. The molecule has 1 aromatic carbocycles. The van der Waals surface area contributed by atoms with Crippen LogP contribution in [0.15, 0.2) is 18.2 Å². The molecule has 1 unspecified atom stereocenters. The molecule has 0 saturated carbocycles. The van der Waals surface area contributed by atoms with Crippen molar-refractivity contribution in [3.63, 3.8) is 0 Å². The van der Waals surface area contributed by atoms with E-state index in [1.807, 2.05) is 18.2 Å². The molecule has 0 aromatic heterocycles. The Morgan fingerprint density at radius 2 is 2.22 bits per heavy atom. The molecule has 1 saturated heterocycles. The number of hydrogen-bond donors (Lipinski definition) is 2. The van der Waals surface area contributed by atoms with Gasteiger partial charge in [-0.2, -0.15) is 0 Å². The highest BCUT2D eigenvalue weighted by atomic mass is 16.2. The van der Waals surface area contributed by atoms with Gasteiger partial charge in [0.1, 0.15) is 6.04 Å². The molecule has 2 aliphatic heterocycles. The van der Waals surface area contributed by atoms with E-state index in [1.54, 1.807) is 4.90 Å². The maximum absolute atomic E-state index is 12.0. The molecule has 0 bridgehead atoms. The molecule has 1 atom stereocenters. The van der Waals surface area contributed by atoms with Crippen LogP contribution in [0.1, 0.15) is 12.5 Å². The van der Waals surface area contributed by atoms with Crippen molar-refractivity contribution in [3.05, 3.63) is 23.8 Å². The molecule has 2 N–H and O–H groups in total. The van der Waals surface area contributed by atoms with Crippen LogP contribution in [-0.4, -0.2) is 30.9 Å². The van der Waals surface area contributed by atoms with Crippen molar-refractivity contribution in [2.45, 2.75) is 19.4 Å². The van der Waals surface area contributed by atoms with E-state index in [0.29, 0.717) is 13.1 Å². The Bertz CT molecular complexity index is 527. The van der Waals surface area contributed by atoms with Crippen LogP contribution in [0.4, 0.5) is 11.4 Å². The molecule has 1 fully saturated rings. The van der Waals surface area contributed by atoms with E-state index in [4.69, 9.17) is 0 Å². The summed E-state index contributed by atoms with van der Waals surface area (Å²) in [5, 5.41) is 5.85. The third-order valence-corrected chi connectivity index (χ3v) is 3.48. The molecule has 18 heavy (non-hydrogen) atoms. The molecule has 2 heterocycles. The van der Waals surface area contributed by atoms with E-state index >= 15 is 0 Å². The normalized spacial score (nSPS) is 22.3. The van der Waals surface area contributed by atoms with Crippen LogP contribution in [0, 0.1) is 0 Å². The first kappa shape index (κ1) is 11.2. The molecule has 2 amide bonds. The monoisotopic (exact) mass is 245 g/mol. The van der Waals surface area contributed by atoms with Gasteiger partial charge in [-0.25, -0.2) is 0 Å². The lowest BCUT2D eigenvalue weighted by Gasteiger charge is -2.39. The van der Waals surface area contributed by atoms with Crippen molar-refractivity contribution in [1.82, 2.24) is 5.32 Å². The number of amides is 2. The summed E-state index contributed by atoms with van der Waals surface area (Å²) in [6, 6.07) is 5.44. The Morgan fingerprint density at radius 1 is 1.39 bits per heavy atom. The zero-order chi connectivity index (χ0) is 12.7. The van der Waals surface area contributed by atoms with Gasteiger partial charge < -0.3 is 10.6 Å². The number of piperazine rings is 1. The van der Waals surface area contributed by atoms with Crippen LogP contribution < -0.4 is 15.5 Å². The second-order valence-electron chi connectivity index (χ2n) is 4.60. The number of hydrogen-bond acceptors (Lipinski definition) is 3. The van der Waals surface area contributed by atoms with E-state index in [9.17, 15) is 9.59 Å². The van der Waals surface area contributed by atoms with Crippen LogP contribution in [0.2, 0.25) is 0 Å². The number of benzene rings is 1. The Kier molecular flexibility index (Phi) is 2.56. The van der Waals surface area contributed by atoms with Crippen LogP contribution in [0.25, 0.3) is 0 Å². The second-order valence-corrected chi connectivity index (χ2v) is 4.60. The van der Waals surface area contributed by atoms with Gasteiger partial charge >= 0.3 is 0 Å². The second kappa shape index (κ2) is 4.10. The maximum Gasteiger partial charge on any atom is 0.248 e. The fraction of sp³-hybridized carbons (Fsp3) is 0.385. The summed E-state index contributed by atoms with van der Waals surface area (Å²) in [5.41, 5.74) is 2.70. The number of carbonyl (C=O) groups excluding carboxylic acids is 2. The highest BCUT2D eigenvalue weighted by Gasteiger charge is 2.38. The first-order chi connectivity index (χ1) is 8.70. The van der Waals surface area contributed by atoms with Gasteiger partial charge in [-0.3, -0.25) is 14.5 Å². The number of anilines is 2. The lowest BCUT2D eigenvalue weighted by atomic mass is 10.0. The van der Waals surface area contributed by atoms with Crippen molar-refractivity contribution in [2.24, 2.45) is 0 Å². The van der Waals surface area contributed by atoms with Crippen molar-refractivity contribution < 1.29 is 9.59 Å². The van der Waals surface area contributed by atoms with Crippen molar-refractivity contribution in [2.75, 3.05) is 23.3 Å². The smallest absolute Gasteiger partial charge is 0.248 e. The Hall–Kier alpha value is -1.88. The van der Waals surface area contributed by atoms with E-state index in [0.717, 1.165) is 23.4 Å². The third kappa shape index (κ3) is 1.59. The zero-order valence-corrected chi connectivity index (χ0v) is 10.2. The standard InChI is InChI=1S/C13H15N3O2/c1-2-8-3-4-10-9(5-8)15-13(18)11-6-14-7-12(17)16(10)11/h3-5,11,14H,2,6-7H2,1H3,(H,15,18). The van der Waals surface area contributed by atoms with Gasteiger partial charge in [0, 0.05) is 6.54 Å². The predicted octanol–water partition coefficient (Wildman–Crippen LogP) is 0.506. The quantitative estimate of drug-likeness (QED) is 0.757. The van der Waals surface area contributed by atoms with Crippen LogP contribution in [-0.2, 0) is 16.0 Å². The molecular formula is C13H15N3O2. The lowest BCUT2D eigenvalue weighted by Crippen LogP contribution is -2.61. The van der Waals surface area contributed by atoms with Gasteiger partial charge in [0.15, 0.2) is 0 Å². The summed E-state index contributed by atoms with van der Waals surface area (Å²) in [5.74, 6) is -0.164. The fourth-order valence-corrected chi connectivity index (χ4v) is 2.51. The molecule has 94 valence electrons. The highest BCUT2D eigenvalue weighted by Crippen LogP contribution is 2.33. The van der Waals surface area contributed by atoms with Crippen molar-refractivity contribution in [3.8, 4) is 0 Å². The minimum absolute atomic E-state index is 0.0494. The third-order valence-electron chi connectivity index (χ3n) is 3.48. The molecule has 2 aliphatic rings. The first-order valence-electron chi connectivity index (χ1n) is 6.17. The number of rotatable bonds is 1. The summed E-state index contributed by atoms with van der Waals surface area (Å²) in [6.07, 6.45) is 0.905. The van der Waals surface area contributed by atoms with Crippen LogP contribution in [0.5, 0.6) is 0 Å². The summed E-state index contributed by atoms with van der Waals surface area (Å²) >= 11 is 0. The van der Waals surface area contributed by atoms with Crippen molar-refractivity contribution >= 4 is 23.2 Å². The number of carbonyl (C=O) groups is 2. The van der Waals surface area contributed by atoms with Gasteiger partial charge in [-0.1, -0.05) is 13.0 Å². The SMILES string of the molecule is CCc1ccc2c(c1)NC(=O)C1CNCC(=O)N21. The summed E-state index contributed by atoms with van der Waals surface area (Å²) < 4.78 is 0. The molecule has 0 spiro atoms. The molecule has 5 heteroatoms. The Morgan fingerprint density at radius 3 is 3.00 bits per heavy atom. The number of nitrogens with one attached hydrogen (secondary N) is 2. The topological polar surface area (TPSA) is 61.4 Å². The number of aryl methyl sites for hydroxylation is 1. The molecule has 1 aromatic rings. The zero-order valence-electron chi connectivity index (χ0n) is 10.2. The van der Waals surface area contributed by atoms with E-state index in [-0.39, 0.29) is 11.8 Å². The van der Waals surface area contributed by atoms with Crippen molar-refractivity contribution in [1.29, 1.82) is 0 Å². The molecule has 3 rings (SSSR count). The van der Waals surface area contributed by atoms with E-state index < -0.39 is 6.04 Å². The predicted molar refractivity (Wildman–Crippen MR) is 68.6 cm³/mol. The average Bonchev–Trinajstić information content (AvgIpc) is 2.38.